The van der Waals surface area contributed by atoms with Crippen LogP contribution in [0.25, 0.3) is 0 Å². The Balaban J connectivity index is 2.95. The summed E-state index contributed by atoms with van der Waals surface area (Å²) in [4.78, 5) is 0. The largest absolute Gasteiger partial charge is 0.399 e. The molecule has 4 heteroatoms. The van der Waals surface area contributed by atoms with Gasteiger partial charge in [0.15, 0.2) is 0 Å². The number of nitrogens with zero attached hydrogens (tertiary/aromatic N) is 1. The van der Waals surface area contributed by atoms with E-state index in [1.165, 1.54) is 0 Å². The second-order valence-corrected chi connectivity index (χ2v) is 3.49. The Hall–Kier alpha value is -1.57. The monoisotopic (exact) mass is 206 g/mol. The smallest absolute Gasteiger partial charge is 0.106 e. The zero-order chi connectivity index (χ0) is 11.4. The number of nitriles is 1. The predicted octanol–water partition coefficient (Wildman–Crippen LogP) is 0.885. The second-order valence-electron chi connectivity index (χ2n) is 3.49. The lowest BCUT2D eigenvalue weighted by molar-refractivity contribution is 0.0213. The molecular formula is C11H14N2O2. The van der Waals surface area contributed by atoms with Crippen LogP contribution in [0.4, 0.5) is 5.69 Å². The average molecular weight is 206 g/mol. The van der Waals surface area contributed by atoms with Crippen molar-refractivity contribution in [2.75, 3.05) is 5.73 Å². The zero-order valence-corrected chi connectivity index (χ0v) is 8.51. The van der Waals surface area contributed by atoms with Crippen LogP contribution in [0.5, 0.6) is 0 Å². The van der Waals surface area contributed by atoms with Gasteiger partial charge in [0.1, 0.15) is 6.10 Å². The summed E-state index contributed by atoms with van der Waals surface area (Å²) in [5.74, 6) is 0. The summed E-state index contributed by atoms with van der Waals surface area (Å²) < 4.78 is 0. The van der Waals surface area contributed by atoms with E-state index in [9.17, 15) is 10.2 Å². The molecule has 0 aromatic heterocycles. The van der Waals surface area contributed by atoms with Crippen LogP contribution in [-0.4, -0.2) is 16.3 Å². The van der Waals surface area contributed by atoms with E-state index in [1.54, 1.807) is 18.2 Å². The van der Waals surface area contributed by atoms with E-state index >= 15 is 0 Å². The van der Waals surface area contributed by atoms with Gasteiger partial charge in [-0.1, -0.05) is 6.07 Å². The highest BCUT2D eigenvalue weighted by atomic mass is 16.3. The molecule has 0 aliphatic rings. The minimum absolute atomic E-state index is 0.102. The molecule has 2 unspecified atom stereocenters. The predicted molar refractivity (Wildman–Crippen MR) is 56.8 cm³/mol. The fraction of sp³-hybridized carbons (Fsp3) is 0.364. The molecule has 4 nitrogen and oxygen atoms in total. The molecule has 0 amide bonds. The summed E-state index contributed by atoms with van der Waals surface area (Å²) in [6, 6.07) is 6.92. The number of nitrogen functional groups attached to an aromatic ring is 1. The molecule has 0 saturated carbocycles. The molecule has 0 aliphatic heterocycles. The van der Waals surface area contributed by atoms with Gasteiger partial charge in [-0.3, -0.25) is 0 Å². The maximum absolute atomic E-state index is 9.77. The summed E-state index contributed by atoms with van der Waals surface area (Å²) in [6.45, 7) is 1.82. The maximum atomic E-state index is 9.77. The van der Waals surface area contributed by atoms with Crippen molar-refractivity contribution >= 4 is 5.69 Å². The lowest BCUT2D eigenvalue weighted by atomic mass is 9.97. The number of anilines is 1. The van der Waals surface area contributed by atoms with Crippen LogP contribution in [0.3, 0.4) is 0 Å². The van der Waals surface area contributed by atoms with E-state index in [-0.39, 0.29) is 6.42 Å². The lowest BCUT2D eigenvalue weighted by Crippen LogP contribution is -2.18. The second kappa shape index (κ2) is 4.78. The summed E-state index contributed by atoms with van der Waals surface area (Å²) in [5, 5.41) is 27.7. The van der Waals surface area contributed by atoms with Gasteiger partial charge in [-0.2, -0.15) is 5.26 Å². The van der Waals surface area contributed by atoms with Crippen LogP contribution in [0.2, 0.25) is 0 Å². The van der Waals surface area contributed by atoms with Crippen LogP contribution in [0.15, 0.2) is 18.2 Å². The number of aliphatic hydroxyl groups excluding tert-OH is 2. The first-order valence-corrected chi connectivity index (χ1v) is 4.65. The van der Waals surface area contributed by atoms with Gasteiger partial charge in [-0.05, 0) is 30.2 Å². The van der Waals surface area contributed by atoms with Gasteiger partial charge < -0.3 is 15.9 Å². The summed E-state index contributed by atoms with van der Waals surface area (Å²) in [5.41, 5.74) is 7.52. The van der Waals surface area contributed by atoms with E-state index in [4.69, 9.17) is 11.0 Å². The number of benzene rings is 1. The standard InChI is InChI=1S/C11H14N2O2/c1-7-2-3-8(13)6-9(7)11(15)10(14)4-5-12/h2-3,6,10-11,14-15H,4,13H2,1H3. The average Bonchev–Trinajstić information content (AvgIpc) is 2.21. The molecule has 2 atom stereocenters. The third-order valence-electron chi connectivity index (χ3n) is 2.29. The number of nitrogens with two attached hydrogens (primary N) is 1. The van der Waals surface area contributed by atoms with Gasteiger partial charge in [0.2, 0.25) is 0 Å². The Morgan fingerprint density at radius 3 is 2.73 bits per heavy atom. The molecule has 0 fully saturated rings. The summed E-state index contributed by atoms with van der Waals surface area (Å²) in [7, 11) is 0. The van der Waals surface area contributed by atoms with Crippen LogP contribution < -0.4 is 5.73 Å². The highest BCUT2D eigenvalue weighted by Crippen LogP contribution is 2.24. The molecule has 0 bridgehead atoms. The number of hydrogen-bond acceptors (Lipinski definition) is 4. The van der Waals surface area contributed by atoms with E-state index in [2.05, 4.69) is 0 Å². The van der Waals surface area contributed by atoms with E-state index < -0.39 is 12.2 Å². The molecule has 4 N–H and O–H groups in total. The van der Waals surface area contributed by atoms with Gasteiger partial charge in [0.05, 0.1) is 18.6 Å². The third-order valence-corrected chi connectivity index (χ3v) is 2.29. The Kier molecular flexibility index (Phi) is 3.67. The SMILES string of the molecule is Cc1ccc(N)cc1C(O)C(O)CC#N. The van der Waals surface area contributed by atoms with Crippen molar-refractivity contribution in [2.24, 2.45) is 0 Å². The highest BCUT2D eigenvalue weighted by Gasteiger charge is 2.19. The van der Waals surface area contributed by atoms with Gasteiger partial charge in [-0.15, -0.1) is 0 Å². The molecule has 0 heterocycles. The number of aryl methyl sites for hydroxylation is 1. The van der Waals surface area contributed by atoms with Gasteiger partial charge in [0.25, 0.3) is 0 Å². The quantitative estimate of drug-likeness (QED) is 0.640. The van der Waals surface area contributed by atoms with Crippen molar-refractivity contribution in [2.45, 2.75) is 25.6 Å². The summed E-state index contributed by atoms with van der Waals surface area (Å²) >= 11 is 0. The van der Waals surface area contributed by atoms with Crippen molar-refractivity contribution in [3.63, 3.8) is 0 Å². The number of hydrogen-bond donors (Lipinski definition) is 3. The first kappa shape index (κ1) is 11.5. The first-order chi connectivity index (χ1) is 7.06. The van der Waals surface area contributed by atoms with Crippen LogP contribution in [0.1, 0.15) is 23.7 Å². The molecule has 0 radical (unpaired) electrons. The van der Waals surface area contributed by atoms with Crippen molar-refractivity contribution < 1.29 is 10.2 Å². The minimum atomic E-state index is -1.07. The van der Waals surface area contributed by atoms with Crippen molar-refractivity contribution in [3.8, 4) is 6.07 Å². The molecule has 0 spiro atoms. The van der Waals surface area contributed by atoms with Crippen molar-refractivity contribution in [1.29, 1.82) is 5.26 Å². The fourth-order valence-corrected chi connectivity index (χ4v) is 1.39. The lowest BCUT2D eigenvalue weighted by Gasteiger charge is -2.18. The van der Waals surface area contributed by atoms with Crippen LogP contribution in [0, 0.1) is 18.3 Å². The van der Waals surface area contributed by atoms with Crippen LogP contribution in [-0.2, 0) is 0 Å². The van der Waals surface area contributed by atoms with Gasteiger partial charge in [0, 0.05) is 5.69 Å². The number of rotatable bonds is 3. The first-order valence-electron chi connectivity index (χ1n) is 4.65. The Morgan fingerprint density at radius 1 is 1.47 bits per heavy atom. The molecule has 1 aromatic carbocycles. The molecule has 15 heavy (non-hydrogen) atoms. The highest BCUT2D eigenvalue weighted by molar-refractivity contribution is 5.45. The maximum Gasteiger partial charge on any atom is 0.106 e. The fourth-order valence-electron chi connectivity index (χ4n) is 1.39. The van der Waals surface area contributed by atoms with Crippen molar-refractivity contribution in [3.05, 3.63) is 29.3 Å². The molecule has 1 aromatic rings. The topological polar surface area (TPSA) is 90.3 Å². The number of aliphatic hydroxyl groups is 2. The molecule has 0 saturated heterocycles. The van der Waals surface area contributed by atoms with E-state index in [0.29, 0.717) is 11.3 Å². The van der Waals surface area contributed by atoms with E-state index in [1.807, 2.05) is 13.0 Å². The molecule has 1 rings (SSSR count). The molecular weight excluding hydrogens is 192 g/mol. The van der Waals surface area contributed by atoms with E-state index in [0.717, 1.165) is 5.56 Å². The molecule has 0 aliphatic carbocycles. The van der Waals surface area contributed by atoms with Gasteiger partial charge >= 0.3 is 0 Å². The Morgan fingerprint density at radius 2 is 2.13 bits per heavy atom. The minimum Gasteiger partial charge on any atom is -0.399 e. The van der Waals surface area contributed by atoms with Crippen molar-refractivity contribution in [1.82, 2.24) is 0 Å². The summed E-state index contributed by atoms with van der Waals surface area (Å²) in [6.07, 6.45) is -2.24. The Bertz CT molecular complexity index is 385. The normalized spacial score (nSPS) is 14.3. The Labute approximate surface area is 88.6 Å². The van der Waals surface area contributed by atoms with Gasteiger partial charge in [-0.25, -0.2) is 0 Å². The van der Waals surface area contributed by atoms with Crippen LogP contribution >= 0.6 is 0 Å². The third kappa shape index (κ3) is 2.69. The zero-order valence-electron chi connectivity index (χ0n) is 8.51. The molecule has 80 valence electrons.